The van der Waals surface area contributed by atoms with Crippen molar-refractivity contribution in [1.82, 2.24) is 9.88 Å². The van der Waals surface area contributed by atoms with Crippen molar-refractivity contribution in [2.24, 2.45) is 0 Å². The van der Waals surface area contributed by atoms with Gasteiger partial charge in [0.15, 0.2) is 6.10 Å². The predicted octanol–water partition coefficient (Wildman–Crippen LogP) is 2.67. The molecule has 1 aromatic heterocycles. The average molecular weight is 394 g/mol. The number of pyridine rings is 1. The Hall–Kier alpha value is -2.44. The average Bonchev–Trinajstić information content (AvgIpc) is 3.14. The Bertz CT molecular complexity index is 884. The van der Waals surface area contributed by atoms with Crippen molar-refractivity contribution < 1.29 is 19.0 Å². The van der Waals surface area contributed by atoms with Gasteiger partial charge in [-0.05, 0) is 37.1 Å². The van der Waals surface area contributed by atoms with Crippen LogP contribution in [0.15, 0.2) is 42.5 Å². The van der Waals surface area contributed by atoms with Gasteiger partial charge in [0.1, 0.15) is 11.4 Å². The first-order valence-electron chi connectivity index (χ1n) is 10.3. The van der Waals surface area contributed by atoms with Crippen molar-refractivity contribution in [2.45, 2.75) is 50.6 Å². The van der Waals surface area contributed by atoms with Crippen LogP contribution >= 0.6 is 0 Å². The molecule has 2 saturated heterocycles. The minimum absolute atomic E-state index is 0.0578. The zero-order valence-electron chi connectivity index (χ0n) is 16.7. The lowest BCUT2D eigenvalue weighted by molar-refractivity contribution is -0.205. The molecular formula is C23H26N2O4. The number of para-hydroxylation sites is 1. The fourth-order valence-electron chi connectivity index (χ4n) is 4.56. The number of rotatable bonds is 4. The first kappa shape index (κ1) is 18.6. The predicted molar refractivity (Wildman–Crippen MR) is 107 cm³/mol. The second-order valence-electron chi connectivity index (χ2n) is 8.34. The summed E-state index contributed by atoms with van der Waals surface area (Å²) in [5, 5.41) is 0. The van der Waals surface area contributed by atoms with Crippen LogP contribution in [0.2, 0.25) is 0 Å². The third-order valence-electron chi connectivity index (χ3n) is 6.05. The Morgan fingerprint density at radius 2 is 2.10 bits per heavy atom. The lowest BCUT2D eigenvalue weighted by Gasteiger charge is -2.53. The number of nitrogens with zero attached hydrogens (tertiary/aromatic N) is 2. The molecule has 0 aliphatic carbocycles. The molecule has 1 aromatic carbocycles. The van der Waals surface area contributed by atoms with Crippen molar-refractivity contribution >= 4 is 5.91 Å². The van der Waals surface area contributed by atoms with Crippen LogP contribution in [0.25, 0.3) is 0 Å². The van der Waals surface area contributed by atoms with E-state index < -0.39 is 6.10 Å². The minimum Gasteiger partial charge on any atom is -0.480 e. The molecule has 0 saturated carbocycles. The first-order valence-corrected chi connectivity index (χ1v) is 10.3. The summed E-state index contributed by atoms with van der Waals surface area (Å²) >= 11 is 0. The van der Waals surface area contributed by atoms with Crippen molar-refractivity contribution in [2.75, 3.05) is 19.7 Å². The number of hydrogen-bond acceptors (Lipinski definition) is 5. The van der Waals surface area contributed by atoms with Crippen LogP contribution in [0.5, 0.6) is 5.75 Å². The fraction of sp³-hybridized carbons (Fsp3) is 0.478. The van der Waals surface area contributed by atoms with E-state index in [1.54, 1.807) is 0 Å². The molecule has 2 atom stereocenters. The Labute approximate surface area is 170 Å². The molecule has 0 unspecified atom stereocenters. The maximum atomic E-state index is 12.9. The summed E-state index contributed by atoms with van der Waals surface area (Å²) in [5.74, 6) is 0.885. The molecule has 0 N–H and O–H groups in total. The topological polar surface area (TPSA) is 60.9 Å². The van der Waals surface area contributed by atoms with Gasteiger partial charge in [-0.15, -0.1) is 0 Å². The van der Waals surface area contributed by atoms with Gasteiger partial charge in [0.25, 0.3) is 5.91 Å². The van der Waals surface area contributed by atoms with E-state index in [2.05, 4.69) is 4.98 Å². The number of likely N-dealkylation sites (tertiary alicyclic amines) is 1. The highest BCUT2D eigenvalue weighted by molar-refractivity contribution is 5.83. The molecule has 1 amide bonds. The molecule has 5 rings (SSSR count). The van der Waals surface area contributed by atoms with Gasteiger partial charge in [-0.1, -0.05) is 24.3 Å². The maximum absolute atomic E-state index is 12.9. The van der Waals surface area contributed by atoms with Gasteiger partial charge in [-0.3, -0.25) is 9.78 Å². The Kier molecular flexibility index (Phi) is 4.76. The number of carbonyl (C=O) groups excluding carboxylic acids is 1. The molecule has 3 aliphatic heterocycles. The molecule has 6 heteroatoms. The molecule has 4 heterocycles. The van der Waals surface area contributed by atoms with Crippen LogP contribution in [-0.2, 0) is 27.3 Å². The van der Waals surface area contributed by atoms with Gasteiger partial charge >= 0.3 is 0 Å². The summed E-state index contributed by atoms with van der Waals surface area (Å²) in [6, 6.07) is 13.9. The van der Waals surface area contributed by atoms with Crippen molar-refractivity contribution in [3.63, 3.8) is 0 Å². The van der Waals surface area contributed by atoms with E-state index in [1.807, 2.05) is 54.3 Å². The van der Waals surface area contributed by atoms with E-state index in [9.17, 15) is 4.79 Å². The van der Waals surface area contributed by atoms with Crippen LogP contribution in [0.1, 0.15) is 29.8 Å². The zero-order valence-corrected chi connectivity index (χ0v) is 16.7. The van der Waals surface area contributed by atoms with Gasteiger partial charge in [-0.2, -0.15) is 0 Å². The molecule has 29 heavy (non-hydrogen) atoms. The van der Waals surface area contributed by atoms with Crippen LogP contribution in [0, 0.1) is 6.92 Å². The van der Waals surface area contributed by atoms with Crippen LogP contribution in [-0.4, -0.2) is 53.3 Å². The highest BCUT2D eigenvalue weighted by atomic mass is 16.5. The third kappa shape index (κ3) is 3.74. The van der Waals surface area contributed by atoms with Crippen LogP contribution in [0.3, 0.4) is 0 Å². The molecule has 152 valence electrons. The summed E-state index contributed by atoms with van der Waals surface area (Å²) in [7, 11) is 0. The molecule has 0 bridgehead atoms. The second kappa shape index (κ2) is 7.43. The number of amides is 1. The van der Waals surface area contributed by atoms with Crippen LogP contribution in [0.4, 0.5) is 0 Å². The summed E-state index contributed by atoms with van der Waals surface area (Å²) in [6.45, 7) is 4.40. The molecule has 2 aromatic rings. The highest BCUT2D eigenvalue weighted by Gasteiger charge is 2.51. The standard InChI is InChI=1S/C23H26N2O4/c1-16-5-4-7-18(24-16)13-27-19-9-10-28-23(12-19)14-25(15-23)22(26)21-11-17-6-2-3-8-20(17)29-21/h2-8,19,21H,9-15H2,1H3/t19-,21-/m0/s1. The largest absolute Gasteiger partial charge is 0.480 e. The van der Waals surface area contributed by atoms with E-state index >= 15 is 0 Å². The summed E-state index contributed by atoms with van der Waals surface area (Å²) < 4.78 is 18.1. The van der Waals surface area contributed by atoms with E-state index in [0.717, 1.165) is 35.5 Å². The smallest absolute Gasteiger partial charge is 0.264 e. The zero-order chi connectivity index (χ0) is 19.8. The van der Waals surface area contributed by atoms with E-state index in [0.29, 0.717) is 32.7 Å². The fourth-order valence-corrected chi connectivity index (χ4v) is 4.56. The maximum Gasteiger partial charge on any atom is 0.264 e. The quantitative estimate of drug-likeness (QED) is 0.798. The first-order chi connectivity index (χ1) is 14.1. The number of benzene rings is 1. The minimum atomic E-state index is -0.409. The number of hydrogen-bond donors (Lipinski definition) is 0. The Morgan fingerprint density at radius 3 is 2.93 bits per heavy atom. The summed E-state index contributed by atoms with van der Waals surface area (Å²) in [6.07, 6.45) is 2.06. The number of aryl methyl sites for hydroxylation is 1. The Morgan fingerprint density at radius 1 is 1.24 bits per heavy atom. The highest BCUT2D eigenvalue weighted by Crippen LogP contribution is 2.37. The van der Waals surface area contributed by atoms with Gasteiger partial charge in [0.05, 0.1) is 31.5 Å². The van der Waals surface area contributed by atoms with Gasteiger partial charge < -0.3 is 19.1 Å². The number of fused-ring (bicyclic) bond motifs is 1. The summed E-state index contributed by atoms with van der Waals surface area (Å²) in [5.41, 5.74) is 2.78. The van der Waals surface area contributed by atoms with E-state index in [-0.39, 0.29) is 17.6 Å². The third-order valence-corrected chi connectivity index (χ3v) is 6.05. The number of carbonyl (C=O) groups is 1. The molecule has 2 fully saturated rings. The Balaban J connectivity index is 1.14. The number of aromatic nitrogens is 1. The van der Waals surface area contributed by atoms with Crippen molar-refractivity contribution in [3.05, 3.63) is 59.4 Å². The van der Waals surface area contributed by atoms with Crippen molar-refractivity contribution in [3.8, 4) is 5.75 Å². The lowest BCUT2D eigenvalue weighted by atomic mass is 9.84. The molecular weight excluding hydrogens is 368 g/mol. The summed E-state index contributed by atoms with van der Waals surface area (Å²) in [4.78, 5) is 19.2. The molecule has 6 nitrogen and oxygen atoms in total. The van der Waals surface area contributed by atoms with E-state index in [4.69, 9.17) is 14.2 Å². The van der Waals surface area contributed by atoms with Gasteiger partial charge in [0, 0.05) is 25.1 Å². The van der Waals surface area contributed by atoms with Crippen molar-refractivity contribution in [1.29, 1.82) is 0 Å². The van der Waals surface area contributed by atoms with Gasteiger partial charge in [-0.25, -0.2) is 0 Å². The monoisotopic (exact) mass is 394 g/mol. The molecule has 3 aliphatic rings. The normalized spacial score (nSPS) is 24.7. The lowest BCUT2D eigenvalue weighted by Crippen LogP contribution is -2.68. The second-order valence-corrected chi connectivity index (χ2v) is 8.34. The molecule has 1 spiro atoms. The SMILES string of the molecule is Cc1cccc(CO[C@H]2CCOC3(C2)CN(C(=O)[C@@H]2Cc4ccccc4O2)C3)n1. The van der Waals surface area contributed by atoms with Gasteiger partial charge in [0.2, 0.25) is 0 Å². The van der Waals surface area contributed by atoms with Crippen LogP contribution < -0.4 is 4.74 Å². The van der Waals surface area contributed by atoms with E-state index in [1.165, 1.54) is 0 Å². The molecule has 0 radical (unpaired) electrons. The number of ether oxygens (including phenoxy) is 3.